The number of hydrogen-bond donors (Lipinski definition) is 2. The van der Waals surface area contributed by atoms with Crippen molar-refractivity contribution in [3.63, 3.8) is 0 Å². The molecule has 140 valence electrons. The minimum atomic E-state index is -0.578. The first-order valence-electron chi connectivity index (χ1n) is 7.52. The highest BCUT2D eigenvalue weighted by Crippen LogP contribution is 2.29. The van der Waals surface area contributed by atoms with Crippen molar-refractivity contribution in [2.24, 2.45) is 5.10 Å². The fourth-order valence-corrected chi connectivity index (χ4v) is 2.76. The van der Waals surface area contributed by atoms with Crippen LogP contribution in [0, 0.1) is 20.2 Å². The van der Waals surface area contributed by atoms with Crippen LogP contribution in [-0.4, -0.2) is 39.4 Å². The molecular formula is C16H14N4O6S. The smallest absolute Gasteiger partial charge is 0.283 e. The number of carbonyl (C=O) groups excluding carboxylic acids is 1. The summed E-state index contributed by atoms with van der Waals surface area (Å²) in [6, 6.07) is 9.42. The lowest BCUT2D eigenvalue weighted by molar-refractivity contribution is -0.387. The third-order valence-corrected chi connectivity index (χ3v) is 4.29. The van der Waals surface area contributed by atoms with Crippen molar-refractivity contribution < 1.29 is 19.7 Å². The molecule has 1 amide bonds. The molecule has 10 nitrogen and oxygen atoms in total. The molecular weight excluding hydrogens is 376 g/mol. The number of benzene rings is 2. The van der Waals surface area contributed by atoms with Crippen LogP contribution >= 0.6 is 11.8 Å². The van der Waals surface area contributed by atoms with Crippen LogP contribution in [0.15, 0.2) is 52.5 Å². The summed E-state index contributed by atoms with van der Waals surface area (Å²) < 4.78 is 0. The molecule has 0 aliphatic heterocycles. The van der Waals surface area contributed by atoms with Crippen molar-refractivity contribution in [3.8, 4) is 0 Å². The van der Waals surface area contributed by atoms with Gasteiger partial charge in [0.25, 0.3) is 17.3 Å². The van der Waals surface area contributed by atoms with Gasteiger partial charge in [0.2, 0.25) is 0 Å². The number of nitro benzene ring substituents is 2. The highest BCUT2D eigenvalue weighted by atomic mass is 32.2. The predicted molar refractivity (Wildman–Crippen MR) is 99.1 cm³/mol. The van der Waals surface area contributed by atoms with Gasteiger partial charge in [0.1, 0.15) is 0 Å². The van der Waals surface area contributed by atoms with Gasteiger partial charge in [-0.3, -0.25) is 25.0 Å². The van der Waals surface area contributed by atoms with E-state index in [4.69, 9.17) is 5.11 Å². The third kappa shape index (κ3) is 5.59. The number of nitrogens with zero attached hydrogens (tertiary/aromatic N) is 3. The van der Waals surface area contributed by atoms with Gasteiger partial charge in [-0.1, -0.05) is 6.07 Å². The molecule has 0 atom stereocenters. The predicted octanol–water partition coefficient (Wildman–Crippen LogP) is 2.35. The van der Waals surface area contributed by atoms with Crippen LogP contribution in [0.25, 0.3) is 0 Å². The Morgan fingerprint density at radius 3 is 2.44 bits per heavy atom. The Morgan fingerprint density at radius 2 is 1.85 bits per heavy atom. The van der Waals surface area contributed by atoms with Crippen molar-refractivity contribution in [1.82, 2.24) is 5.43 Å². The molecule has 2 aromatic carbocycles. The average Bonchev–Trinajstić information content (AvgIpc) is 2.66. The first kappa shape index (κ1) is 20.0. The fraction of sp³-hybridized carbons (Fsp3) is 0.125. The van der Waals surface area contributed by atoms with E-state index in [1.807, 2.05) is 0 Å². The molecule has 27 heavy (non-hydrogen) atoms. The Kier molecular flexibility index (Phi) is 6.97. The molecule has 0 fully saturated rings. The van der Waals surface area contributed by atoms with Gasteiger partial charge in [-0.15, -0.1) is 11.8 Å². The number of aliphatic hydroxyl groups excluding tert-OH is 1. The first-order valence-corrected chi connectivity index (χ1v) is 8.51. The van der Waals surface area contributed by atoms with Crippen LogP contribution in [0.4, 0.5) is 11.4 Å². The van der Waals surface area contributed by atoms with E-state index < -0.39 is 15.8 Å². The zero-order valence-corrected chi connectivity index (χ0v) is 14.6. The maximum atomic E-state index is 11.9. The minimum absolute atomic E-state index is 0.0975. The van der Waals surface area contributed by atoms with Gasteiger partial charge in [-0.2, -0.15) is 5.10 Å². The van der Waals surface area contributed by atoms with Crippen molar-refractivity contribution in [2.75, 3.05) is 12.4 Å². The second-order valence-electron chi connectivity index (χ2n) is 5.06. The van der Waals surface area contributed by atoms with Gasteiger partial charge in [0, 0.05) is 35.1 Å². The Balaban J connectivity index is 2.06. The molecule has 2 N–H and O–H groups in total. The van der Waals surface area contributed by atoms with Crippen LogP contribution in [0.1, 0.15) is 15.9 Å². The molecule has 0 bridgehead atoms. The summed E-state index contributed by atoms with van der Waals surface area (Å²) >= 11 is 1.16. The van der Waals surface area contributed by atoms with Crippen molar-refractivity contribution in [2.45, 2.75) is 4.90 Å². The van der Waals surface area contributed by atoms with Gasteiger partial charge in [-0.25, -0.2) is 5.43 Å². The number of nitro groups is 2. The molecule has 0 unspecified atom stereocenters. The first-order chi connectivity index (χ1) is 12.9. The third-order valence-electron chi connectivity index (χ3n) is 3.25. The molecule has 2 rings (SSSR count). The molecule has 0 spiro atoms. The van der Waals surface area contributed by atoms with E-state index in [9.17, 15) is 25.0 Å². The number of nitrogens with one attached hydrogen (secondary N) is 1. The highest BCUT2D eigenvalue weighted by molar-refractivity contribution is 7.99. The van der Waals surface area contributed by atoms with Crippen LogP contribution < -0.4 is 5.43 Å². The van der Waals surface area contributed by atoms with E-state index in [0.717, 1.165) is 11.8 Å². The van der Waals surface area contributed by atoms with Crippen LogP contribution in [0.3, 0.4) is 0 Å². The lowest BCUT2D eigenvalue weighted by Gasteiger charge is -2.03. The van der Waals surface area contributed by atoms with E-state index >= 15 is 0 Å². The molecule has 0 radical (unpaired) electrons. The van der Waals surface area contributed by atoms with E-state index in [1.165, 1.54) is 42.6 Å². The number of rotatable bonds is 8. The number of hydrazone groups is 1. The monoisotopic (exact) mass is 390 g/mol. The van der Waals surface area contributed by atoms with Gasteiger partial charge < -0.3 is 5.11 Å². The second kappa shape index (κ2) is 9.40. The zero-order valence-electron chi connectivity index (χ0n) is 13.8. The number of carbonyl (C=O) groups is 1. The molecule has 0 saturated carbocycles. The summed E-state index contributed by atoms with van der Waals surface area (Å²) in [4.78, 5) is 33.0. The Bertz CT molecular complexity index is 885. The molecule has 0 aliphatic carbocycles. The van der Waals surface area contributed by atoms with Gasteiger partial charge >= 0.3 is 0 Å². The summed E-state index contributed by atoms with van der Waals surface area (Å²) in [5, 5.41) is 34.3. The molecule has 11 heteroatoms. The normalized spacial score (nSPS) is 10.7. The molecule has 0 aromatic heterocycles. The van der Waals surface area contributed by atoms with E-state index in [0.29, 0.717) is 16.2 Å². The van der Waals surface area contributed by atoms with Crippen molar-refractivity contribution in [1.29, 1.82) is 0 Å². The highest BCUT2D eigenvalue weighted by Gasteiger charge is 2.14. The van der Waals surface area contributed by atoms with Crippen LogP contribution in [0.5, 0.6) is 0 Å². The number of non-ortho nitro benzene ring substituents is 1. The molecule has 0 aliphatic rings. The lowest BCUT2D eigenvalue weighted by Crippen LogP contribution is -2.17. The van der Waals surface area contributed by atoms with E-state index in [-0.39, 0.29) is 23.5 Å². The lowest BCUT2D eigenvalue weighted by atomic mass is 10.2. The summed E-state index contributed by atoms with van der Waals surface area (Å²) in [6.45, 7) is -0.0975. The topological polar surface area (TPSA) is 148 Å². The summed E-state index contributed by atoms with van der Waals surface area (Å²) in [7, 11) is 0. The Labute approximate surface area is 157 Å². The number of thioether (sulfide) groups is 1. The van der Waals surface area contributed by atoms with Gasteiger partial charge in [-0.05, 0) is 18.2 Å². The van der Waals surface area contributed by atoms with Gasteiger partial charge in [0.05, 0.1) is 27.6 Å². The number of aliphatic hydroxyl groups is 1. The van der Waals surface area contributed by atoms with E-state index in [2.05, 4.69) is 10.5 Å². The SMILES string of the molecule is O=C(NN=Cc1ccc(SCCO)c([N+](=O)[O-])c1)c1ccc([N+](=O)[O-])cc1. The van der Waals surface area contributed by atoms with Crippen molar-refractivity contribution >= 4 is 35.3 Å². The maximum Gasteiger partial charge on any atom is 0.283 e. The largest absolute Gasteiger partial charge is 0.396 e. The summed E-state index contributed by atoms with van der Waals surface area (Å²) in [5.74, 6) is -0.245. The quantitative estimate of drug-likeness (QED) is 0.304. The van der Waals surface area contributed by atoms with Crippen LogP contribution in [0.2, 0.25) is 0 Å². The molecule has 0 heterocycles. The minimum Gasteiger partial charge on any atom is -0.396 e. The molecule has 2 aromatic rings. The molecule has 0 saturated heterocycles. The summed E-state index contributed by atoms with van der Waals surface area (Å²) in [5.41, 5.74) is 2.56. The van der Waals surface area contributed by atoms with Crippen LogP contribution in [-0.2, 0) is 0 Å². The zero-order chi connectivity index (χ0) is 19.8. The number of hydrogen-bond acceptors (Lipinski definition) is 8. The van der Waals surface area contributed by atoms with E-state index in [1.54, 1.807) is 6.07 Å². The number of amides is 1. The summed E-state index contributed by atoms with van der Waals surface area (Å²) in [6.07, 6.45) is 1.25. The van der Waals surface area contributed by atoms with Crippen molar-refractivity contribution in [3.05, 3.63) is 73.8 Å². The average molecular weight is 390 g/mol. The second-order valence-corrected chi connectivity index (χ2v) is 6.20. The maximum absolute atomic E-state index is 11.9. The Morgan fingerprint density at radius 1 is 1.15 bits per heavy atom. The standard InChI is InChI=1S/C16H14N4O6S/c21-7-8-27-15-6-1-11(9-14(15)20(25)26)10-17-18-16(22)12-2-4-13(5-3-12)19(23)24/h1-6,9-10,21H,7-8H2,(H,18,22). The Hall–Kier alpha value is -3.31. The van der Waals surface area contributed by atoms with Gasteiger partial charge in [0.15, 0.2) is 0 Å². The fourth-order valence-electron chi connectivity index (χ4n) is 2.00.